The molecule has 0 saturated carbocycles. The minimum absolute atomic E-state index is 0.258. The summed E-state index contributed by atoms with van der Waals surface area (Å²) in [6.07, 6.45) is 1.80. The molecule has 0 atom stereocenters. The first kappa shape index (κ1) is 17.9. The van der Waals surface area contributed by atoms with Gasteiger partial charge in [-0.1, -0.05) is 27.7 Å². The lowest BCUT2D eigenvalue weighted by atomic mass is 10.1. The molecule has 1 aromatic carbocycles. The van der Waals surface area contributed by atoms with Crippen LogP contribution in [-0.2, 0) is 0 Å². The van der Waals surface area contributed by atoms with Crippen LogP contribution in [0.4, 0.5) is 0 Å². The molecule has 0 saturated heterocycles. The normalized spacial score (nSPS) is 10.4. The molecule has 4 nitrogen and oxygen atoms in total. The van der Waals surface area contributed by atoms with E-state index >= 15 is 0 Å². The molecule has 0 bridgehead atoms. The van der Waals surface area contributed by atoms with Crippen molar-refractivity contribution in [3.05, 3.63) is 23.3 Å². The second-order valence-electron chi connectivity index (χ2n) is 6.10. The van der Waals surface area contributed by atoms with E-state index < -0.39 is 0 Å². The summed E-state index contributed by atoms with van der Waals surface area (Å²) in [5, 5.41) is 18.7. The fourth-order valence-electron chi connectivity index (χ4n) is 1.84. The van der Waals surface area contributed by atoms with Gasteiger partial charge in [0, 0.05) is 0 Å². The topological polar surface area (TPSA) is 66.0 Å². The van der Waals surface area contributed by atoms with Gasteiger partial charge in [-0.05, 0) is 36.8 Å². The Morgan fingerprint density at radius 1 is 0.818 bits per heavy atom. The van der Waals surface area contributed by atoms with Gasteiger partial charge in [-0.25, -0.2) is 0 Å². The van der Waals surface area contributed by atoms with Crippen LogP contribution in [-0.4, -0.2) is 13.2 Å². The first-order valence-electron chi connectivity index (χ1n) is 7.72. The summed E-state index contributed by atoms with van der Waals surface area (Å²) in [7, 11) is 0. The summed E-state index contributed by atoms with van der Waals surface area (Å²) in [6, 6.07) is 7.56. The van der Waals surface area contributed by atoms with E-state index in [4.69, 9.17) is 9.47 Å². The lowest BCUT2D eigenvalue weighted by Crippen LogP contribution is -2.06. The van der Waals surface area contributed by atoms with E-state index in [-0.39, 0.29) is 11.1 Å². The van der Waals surface area contributed by atoms with Crippen molar-refractivity contribution in [1.29, 1.82) is 10.5 Å². The highest BCUT2D eigenvalue weighted by Gasteiger charge is 2.15. The van der Waals surface area contributed by atoms with Crippen molar-refractivity contribution in [1.82, 2.24) is 0 Å². The van der Waals surface area contributed by atoms with Crippen LogP contribution in [0.15, 0.2) is 12.1 Å². The lowest BCUT2D eigenvalue weighted by Gasteiger charge is -2.14. The largest absolute Gasteiger partial charge is 0.492 e. The van der Waals surface area contributed by atoms with Crippen LogP contribution in [0.5, 0.6) is 11.5 Å². The average molecular weight is 300 g/mol. The number of rotatable bonds is 8. The Balaban J connectivity index is 2.90. The highest BCUT2D eigenvalue weighted by Crippen LogP contribution is 2.30. The summed E-state index contributed by atoms with van der Waals surface area (Å²) < 4.78 is 11.3. The second kappa shape index (κ2) is 8.95. The quantitative estimate of drug-likeness (QED) is 0.718. The third-order valence-electron chi connectivity index (χ3n) is 3.26. The maximum absolute atomic E-state index is 9.34. The van der Waals surface area contributed by atoms with Gasteiger partial charge in [0.05, 0.1) is 13.2 Å². The van der Waals surface area contributed by atoms with Gasteiger partial charge in [0.25, 0.3) is 0 Å². The molecular formula is C18H24N2O2. The zero-order chi connectivity index (χ0) is 16.5. The zero-order valence-electron chi connectivity index (χ0n) is 13.8. The number of hydrogen-bond acceptors (Lipinski definition) is 4. The molecule has 4 heteroatoms. The average Bonchev–Trinajstić information content (AvgIpc) is 2.46. The molecule has 0 spiro atoms. The fraction of sp³-hybridized carbons (Fsp3) is 0.556. The van der Waals surface area contributed by atoms with Crippen molar-refractivity contribution in [2.75, 3.05) is 13.2 Å². The van der Waals surface area contributed by atoms with Gasteiger partial charge < -0.3 is 9.47 Å². The predicted molar refractivity (Wildman–Crippen MR) is 85.8 cm³/mol. The summed E-state index contributed by atoms with van der Waals surface area (Å²) in [5.74, 6) is 1.96. The molecule has 0 unspecified atom stereocenters. The Bertz CT molecular complexity index is 515. The van der Waals surface area contributed by atoms with Gasteiger partial charge in [0.1, 0.15) is 34.8 Å². The number of benzene rings is 1. The van der Waals surface area contributed by atoms with E-state index in [0.717, 1.165) is 12.8 Å². The van der Waals surface area contributed by atoms with Crippen molar-refractivity contribution < 1.29 is 9.47 Å². The summed E-state index contributed by atoms with van der Waals surface area (Å²) >= 11 is 0. The van der Waals surface area contributed by atoms with E-state index in [1.165, 1.54) is 0 Å². The first-order chi connectivity index (χ1) is 10.5. The molecule has 0 aliphatic heterocycles. The number of ether oxygens (including phenoxy) is 2. The third-order valence-corrected chi connectivity index (χ3v) is 3.26. The SMILES string of the molecule is CC(C)CCOc1ccc(OCCC(C)C)c(C#N)c1C#N. The summed E-state index contributed by atoms with van der Waals surface area (Å²) in [4.78, 5) is 0. The van der Waals surface area contributed by atoms with Crippen LogP contribution in [0.3, 0.4) is 0 Å². The van der Waals surface area contributed by atoms with Gasteiger partial charge in [0.15, 0.2) is 0 Å². The number of nitriles is 2. The van der Waals surface area contributed by atoms with E-state index in [1.807, 2.05) is 0 Å². The van der Waals surface area contributed by atoms with Crippen LogP contribution in [0.1, 0.15) is 51.7 Å². The highest BCUT2D eigenvalue weighted by atomic mass is 16.5. The van der Waals surface area contributed by atoms with Gasteiger partial charge in [0.2, 0.25) is 0 Å². The second-order valence-corrected chi connectivity index (χ2v) is 6.10. The molecule has 0 aromatic heterocycles. The minimum atomic E-state index is 0.258. The van der Waals surface area contributed by atoms with Crippen LogP contribution >= 0.6 is 0 Å². The van der Waals surface area contributed by atoms with E-state index in [1.54, 1.807) is 12.1 Å². The Morgan fingerprint density at radius 2 is 1.18 bits per heavy atom. The van der Waals surface area contributed by atoms with Crippen molar-refractivity contribution in [2.45, 2.75) is 40.5 Å². The minimum Gasteiger partial charge on any atom is -0.492 e. The molecule has 0 amide bonds. The zero-order valence-corrected chi connectivity index (χ0v) is 13.8. The molecule has 1 rings (SSSR count). The molecule has 0 aliphatic rings. The van der Waals surface area contributed by atoms with E-state index in [9.17, 15) is 10.5 Å². The molecule has 0 heterocycles. The predicted octanol–water partition coefficient (Wildman–Crippen LogP) is 4.28. The van der Waals surface area contributed by atoms with Crippen LogP contribution < -0.4 is 9.47 Å². The highest BCUT2D eigenvalue weighted by molar-refractivity contribution is 5.60. The van der Waals surface area contributed by atoms with Crippen molar-refractivity contribution in [3.8, 4) is 23.6 Å². The van der Waals surface area contributed by atoms with E-state index in [2.05, 4.69) is 39.8 Å². The van der Waals surface area contributed by atoms with E-state index in [0.29, 0.717) is 36.5 Å². The monoisotopic (exact) mass is 300 g/mol. The maximum Gasteiger partial charge on any atom is 0.138 e. The Morgan fingerprint density at radius 3 is 1.45 bits per heavy atom. The third kappa shape index (κ3) is 5.30. The van der Waals surface area contributed by atoms with Gasteiger partial charge in [-0.2, -0.15) is 10.5 Å². The van der Waals surface area contributed by atoms with Crippen molar-refractivity contribution in [3.63, 3.8) is 0 Å². The molecule has 0 aliphatic carbocycles. The van der Waals surface area contributed by atoms with Crippen molar-refractivity contribution >= 4 is 0 Å². The van der Waals surface area contributed by atoms with Crippen LogP contribution in [0.25, 0.3) is 0 Å². The molecule has 118 valence electrons. The Hall–Kier alpha value is -2.20. The molecule has 1 aromatic rings. The molecular weight excluding hydrogens is 276 g/mol. The molecule has 22 heavy (non-hydrogen) atoms. The fourth-order valence-corrected chi connectivity index (χ4v) is 1.84. The van der Waals surface area contributed by atoms with Gasteiger partial charge in [-0.3, -0.25) is 0 Å². The summed E-state index contributed by atoms with van der Waals surface area (Å²) in [6.45, 7) is 9.51. The molecule has 0 radical (unpaired) electrons. The van der Waals surface area contributed by atoms with Gasteiger partial charge >= 0.3 is 0 Å². The smallest absolute Gasteiger partial charge is 0.138 e. The molecule has 0 fully saturated rings. The Labute approximate surface area is 133 Å². The Kier molecular flexibility index (Phi) is 7.26. The maximum atomic E-state index is 9.34. The van der Waals surface area contributed by atoms with Gasteiger partial charge in [-0.15, -0.1) is 0 Å². The lowest BCUT2D eigenvalue weighted by molar-refractivity contribution is 0.281. The summed E-state index contributed by atoms with van der Waals surface area (Å²) in [5.41, 5.74) is 0.515. The standard InChI is InChI=1S/C18H24N2O2/c1-13(2)7-9-21-17-5-6-18(22-10-8-14(3)4)16(12-20)15(17)11-19/h5-6,13-14H,7-10H2,1-4H3. The number of hydrogen-bond donors (Lipinski definition) is 0. The number of nitrogens with zero attached hydrogens (tertiary/aromatic N) is 2. The van der Waals surface area contributed by atoms with Crippen molar-refractivity contribution in [2.24, 2.45) is 11.8 Å². The first-order valence-corrected chi connectivity index (χ1v) is 7.72. The molecule has 0 N–H and O–H groups in total. The van der Waals surface area contributed by atoms with Crippen LogP contribution in [0.2, 0.25) is 0 Å². The van der Waals surface area contributed by atoms with Crippen LogP contribution in [0, 0.1) is 34.5 Å².